The molecule has 0 bridgehead atoms. The zero-order chi connectivity index (χ0) is 23.8. The molecule has 1 aliphatic heterocycles. The van der Waals surface area contributed by atoms with E-state index in [9.17, 15) is 22.4 Å². The van der Waals surface area contributed by atoms with Crippen LogP contribution in [0.15, 0.2) is 24.3 Å². The van der Waals surface area contributed by atoms with Crippen LogP contribution in [0.3, 0.4) is 0 Å². The van der Waals surface area contributed by atoms with Crippen LogP contribution in [0.1, 0.15) is 26.5 Å². The zero-order valence-electron chi connectivity index (χ0n) is 17.9. The molecule has 1 fully saturated rings. The Morgan fingerprint density at radius 1 is 1.27 bits per heavy atom. The number of piperazine rings is 1. The van der Waals surface area contributed by atoms with Crippen molar-refractivity contribution in [2.45, 2.75) is 19.5 Å². The molecule has 3 heterocycles. The van der Waals surface area contributed by atoms with E-state index in [0.29, 0.717) is 17.7 Å². The Morgan fingerprint density at radius 3 is 2.67 bits per heavy atom. The minimum absolute atomic E-state index is 0.0196. The summed E-state index contributed by atoms with van der Waals surface area (Å²) in [5.74, 6) is -0.908. The van der Waals surface area contributed by atoms with Crippen molar-refractivity contribution in [1.29, 1.82) is 0 Å². The quantitative estimate of drug-likeness (QED) is 0.484. The predicted octanol–water partition coefficient (Wildman–Crippen LogP) is 3.73. The van der Waals surface area contributed by atoms with E-state index >= 15 is 0 Å². The van der Waals surface area contributed by atoms with Gasteiger partial charge in [0.15, 0.2) is 0 Å². The molecular weight excluding hydrogens is 458 g/mol. The first-order valence-corrected chi connectivity index (χ1v) is 11.3. The molecule has 1 amide bonds. The zero-order valence-corrected chi connectivity index (χ0v) is 18.7. The Balaban J connectivity index is 1.45. The molecule has 2 aromatic heterocycles. The molecule has 1 aliphatic rings. The van der Waals surface area contributed by atoms with E-state index in [1.165, 1.54) is 13.0 Å². The molecule has 11 heteroatoms. The van der Waals surface area contributed by atoms with E-state index in [2.05, 4.69) is 15.6 Å². The number of nitrogens with zero attached hydrogens (tertiary/aromatic N) is 2. The van der Waals surface area contributed by atoms with Crippen LogP contribution in [-0.4, -0.2) is 43.6 Å². The Bertz CT molecular complexity index is 1190. The smallest absolute Gasteiger partial charge is 0.397 e. The van der Waals surface area contributed by atoms with E-state index in [4.69, 9.17) is 5.73 Å². The van der Waals surface area contributed by atoms with Gasteiger partial charge in [-0.2, -0.15) is 13.2 Å². The molecular formula is C22H23F4N5OS. The lowest BCUT2D eigenvalue weighted by Crippen LogP contribution is -2.43. The van der Waals surface area contributed by atoms with Crippen molar-refractivity contribution in [1.82, 2.24) is 15.6 Å². The number of nitrogens with one attached hydrogen (secondary N) is 2. The fourth-order valence-corrected chi connectivity index (χ4v) is 4.99. The number of pyridine rings is 1. The Kier molecular flexibility index (Phi) is 6.44. The van der Waals surface area contributed by atoms with Gasteiger partial charge in [0.2, 0.25) is 0 Å². The van der Waals surface area contributed by atoms with Crippen molar-refractivity contribution in [2.24, 2.45) is 0 Å². The molecule has 33 heavy (non-hydrogen) atoms. The minimum Gasteiger partial charge on any atom is -0.397 e. The van der Waals surface area contributed by atoms with Crippen molar-refractivity contribution in [3.8, 4) is 0 Å². The molecule has 176 valence electrons. The topological polar surface area (TPSA) is 83.3 Å². The van der Waals surface area contributed by atoms with Gasteiger partial charge in [-0.15, -0.1) is 11.3 Å². The van der Waals surface area contributed by atoms with Gasteiger partial charge in [-0.25, -0.2) is 9.37 Å². The molecule has 0 radical (unpaired) electrons. The van der Waals surface area contributed by atoms with Gasteiger partial charge >= 0.3 is 6.18 Å². The van der Waals surface area contributed by atoms with Crippen molar-refractivity contribution < 1.29 is 22.4 Å². The number of carbonyl (C=O) groups is 1. The number of halogens is 4. The number of benzene rings is 1. The van der Waals surface area contributed by atoms with Crippen LogP contribution in [0.5, 0.6) is 0 Å². The minimum atomic E-state index is -4.62. The van der Waals surface area contributed by atoms with Crippen molar-refractivity contribution in [3.05, 3.63) is 51.8 Å². The predicted molar refractivity (Wildman–Crippen MR) is 121 cm³/mol. The van der Waals surface area contributed by atoms with Crippen LogP contribution in [-0.2, 0) is 12.6 Å². The summed E-state index contributed by atoms with van der Waals surface area (Å²) in [5.41, 5.74) is 6.22. The second kappa shape index (κ2) is 9.14. The number of aromatic nitrogens is 1. The largest absolute Gasteiger partial charge is 0.417 e. The summed E-state index contributed by atoms with van der Waals surface area (Å²) in [6.45, 7) is 4.69. The second-order valence-corrected chi connectivity index (χ2v) is 8.86. The lowest BCUT2D eigenvalue weighted by molar-refractivity contribution is -0.136. The Labute approximate surface area is 191 Å². The number of aryl methyl sites for hydroxylation is 1. The molecule has 1 aromatic carbocycles. The number of amides is 1. The monoisotopic (exact) mass is 481 g/mol. The first-order valence-electron chi connectivity index (χ1n) is 10.4. The summed E-state index contributed by atoms with van der Waals surface area (Å²) in [7, 11) is 0. The lowest BCUT2D eigenvalue weighted by atomic mass is 10.1. The molecule has 4 rings (SSSR count). The highest BCUT2D eigenvalue weighted by atomic mass is 32.1. The maximum absolute atomic E-state index is 14.6. The summed E-state index contributed by atoms with van der Waals surface area (Å²) in [6, 6.07) is 5.91. The van der Waals surface area contributed by atoms with Crippen molar-refractivity contribution in [2.75, 3.05) is 43.4 Å². The average Bonchev–Trinajstić information content (AvgIpc) is 3.09. The third kappa shape index (κ3) is 4.88. The van der Waals surface area contributed by atoms with E-state index in [1.807, 2.05) is 11.0 Å². The number of alkyl halides is 3. The number of rotatable bonds is 5. The van der Waals surface area contributed by atoms with E-state index in [-0.39, 0.29) is 38.8 Å². The van der Waals surface area contributed by atoms with E-state index in [1.54, 1.807) is 6.07 Å². The van der Waals surface area contributed by atoms with Crippen LogP contribution < -0.4 is 21.3 Å². The van der Waals surface area contributed by atoms with Gasteiger partial charge in [0.1, 0.15) is 15.5 Å². The van der Waals surface area contributed by atoms with Gasteiger partial charge < -0.3 is 21.3 Å². The maximum Gasteiger partial charge on any atom is 0.417 e. The fourth-order valence-electron chi connectivity index (χ4n) is 3.90. The molecule has 3 aromatic rings. The molecule has 1 saturated heterocycles. The summed E-state index contributed by atoms with van der Waals surface area (Å²) >= 11 is 0.824. The molecule has 0 aliphatic carbocycles. The molecule has 0 unspecified atom stereocenters. The number of thiophene rings is 1. The summed E-state index contributed by atoms with van der Waals surface area (Å²) in [4.78, 5) is 18.8. The third-order valence-electron chi connectivity index (χ3n) is 5.51. The van der Waals surface area contributed by atoms with Crippen LogP contribution in [0.25, 0.3) is 10.2 Å². The van der Waals surface area contributed by atoms with Crippen LogP contribution in [0, 0.1) is 12.7 Å². The van der Waals surface area contributed by atoms with Gasteiger partial charge in [-0.3, -0.25) is 4.79 Å². The van der Waals surface area contributed by atoms with Crippen LogP contribution >= 0.6 is 11.3 Å². The summed E-state index contributed by atoms with van der Waals surface area (Å²) < 4.78 is 54.9. The van der Waals surface area contributed by atoms with Gasteiger partial charge in [0.25, 0.3) is 5.91 Å². The van der Waals surface area contributed by atoms with E-state index in [0.717, 1.165) is 43.6 Å². The number of nitrogens with two attached hydrogens (primary N) is 1. The highest BCUT2D eigenvalue weighted by Crippen LogP contribution is 2.42. The molecule has 6 nitrogen and oxygen atoms in total. The second-order valence-electron chi connectivity index (χ2n) is 7.86. The number of carbonyl (C=O) groups excluding carboxylic acids is 1. The number of fused-ring (bicyclic) bond motifs is 1. The van der Waals surface area contributed by atoms with Gasteiger partial charge in [0, 0.05) is 43.8 Å². The molecule has 4 N–H and O–H groups in total. The van der Waals surface area contributed by atoms with Gasteiger partial charge in [0.05, 0.1) is 16.9 Å². The van der Waals surface area contributed by atoms with Crippen LogP contribution in [0.2, 0.25) is 0 Å². The van der Waals surface area contributed by atoms with Gasteiger partial charge in [-0.05, 0) is 37.1 Å². The van der Waals surface area contributed by atoms with Crippen LogP contribution in [0.4, 0.5) is 28.9 Å². The molecule has 0 atom stereocenters. The maximum atomic E-state index is 14.6. The highest BCUT2D eigenvalue weighted by Gasteiger charge is 2.35. The standard InChI is InChI=1S/C22H23F4N5OS/c1-12-10-14(22(24,25)26)17-18(27)19(33-21(17)30-12)20(32)29-5-4-13-2-3-16(15(23)11-13)31-8-6-28-7-9-31/h2-3,10-11,28H,4-9,27H2,1H3,(H,29,32). The number of nitrogen functional groups attached to an aromatic ring is 1. The first kappa shape index (κ1) is 23.2. The number of hydrogen-bond acceptors (Lipinski definition) is 6. The highest BCUT2D eigenvalue weighted by molar-refractivity contribution is 7.21. The van der Waals surface area contributed by atoms with Crippen molar-refractivity contribution >= 4 is 38.8 Å². The SMILES string of the molecule is Cc1cc(C(F)(F)F)c2c(N)c(C(=O)NCCc3ccc(N4CCNCC4)c(F)c3)sc2n1. The normalized spacial score (nSPS) is 14.6. The summed E-state index contributed by atoms with van der Waals surface area (Å²) in [5, 5.41) is 5.63. The Morgan fingerprint density at radius 2 is 2.00 bits per heavy atom. The average molecular weight is 482 g/mol. The number of hydrogen-bond donors (Lipinski definition) is 3. The summed E-state index contributed by atoms with van der Waals surface area (Å²) in [6.07, 6.45) is -4.25. The number of anilines is 2. The first-order chi connectivity index (χ1) is 15.6. The van der Waals surface area contributed by atoms with Gasteiger partial charge in [-0.1, -0.05) is 6.07 Å². The third-order valence-corrected chi connectivity index (χ3v) is 6.61. The van der Waals surface area contributed by atoms with Crippen molar-refractivity contribution in [3.63, 3.8) is 0 Å². The molecule has 0 saturated carbocycles. The molecule has 0 spiro atoms. The Hall–Kier alpha value is -2.92. The fraction of sp³-hybridized carbons (Fsp3) is 0.364. The lowest BCUT2D eigenvalue weighted by Gasteiger charge is -2.29. The van der Waals surface area contributed by atoms with E-state index < -0.39 is 17.6 Å².